The number of hydrogen-bond donors (Lipinski definition) is 0. The number of hydrogen-bond acceptors (Lipinski definition) is 0. The van der Waals surface area contributed by atoms with Gasteiger partial charge in [-0.3, -0.25) is 0 Å². The first kappa shape index (κ1) is 9.28. The van der Waals surface area contributed by atoms with Gasteiger partial charge in [0.15, 0.2) is 0 Å². The molecular formula is C10H14NP. The standard InChI is InChI=1S/C10H14NP/c1-3-5-9-7-8-11(12)10(9)6-4-2/h3-4,7-8H,1-2,5-6,12H2. The third-order valence-corrected chi connectivity index (χ3v) is 2.30. The van der Waals surface area contributed by atoms with E-state index in [1.807, 2.05) is 18.3 Å². The summed E-state index contributed by atoms with van der Waals surface area (Å²) < 4.78 is 2.06. The summed E-state index contributed by atoms with van der Waals surface area (Å²) in [5.74, 6) is 0. The maximum atomic E-state index is 3.73. The molecule has 1 atom stereocenters. The van der Waals surface area contributed by atoms with E-state index in [4.69, 9.17) is 0 Å². The smallest absolute Gasteiger partial charge is 0.0279 e. The van der Waals surface area contributed by atoms with Gasteiger partial charge in [0.25, 0.3) is 0 Å². The Bertz CT molecular complexity index is 286. The van der Waals surface area contributed by atoms with Crippen LogP contribution in [-0.4, -0.2) is 4.34 Å². The molecule has 1 aromatic rings. The SMILES string of the molecule is C=CCc1ccn(P)c1CC=C. The molecule has 1 heterocycles. The van der Waals surface area contributed by atoms with E-state index < -0.39 is 0 Å². The monoisotopic (exact) mass is 179 g/mol. The van der Waals surface area contributed by atoms with Crippen molar-refractivity contribution in [2.24, 2.45) is 0 Å². The first-order valence-electron chi connectivity index (χ1n) is 3.95. The Hall–Kier alpha value is -0.810. The fourth-order valence-electron chi connectivity index (χ4n) is 1.24. The number of aromatic nitrogens is 1. The van der Waals surface area contributed by atoms with Gasteiger partial charge in [-0.2, -0.15) is 0 Å². The molecular weight excluding hydrogens is 165 g/mol. The van der Waals surface area contributed by atoms with Crippen LogP contribution in [0.25, 0.3) is 0 Å². The molecule has 0 amide bonds. The predicted molar refractivity (Wildman–Crippen MR) is 57.3 cm³/mol. The minimum absolute atomic E-state index is 0.916. The van der Waals surface area contributed by atoms with Crippen LogP contribution in [0.4, 0.5) is 0 Å². The summed E-state index contributed by atoms with van der Waals surface area (Å²) in [5, 5.41) is 0. The largest absolute Gasteiger partial charge is 0.336 e. The summed E-state index contributed by atoms with van der Waals surface area (Å²) >= 11 is 0. The van der Waals surface area contributed by atoms with Crippen molar-refractivity contribution in [3.8, 4) is 0 Å². The fraction of sp³-hybridized carbons (Fsp3) is 0.200. The summed E-state index contributed by atoms with van der Waals surface area (Å²) in [6, 6.07) is 2.12. The van der Waals surface area contributed by atoms with Gasteiger partial charge in [-0.25, -0.2) is 0 Å². The zero-order chi connectivity index (χ0) is 8.97. The molecule has 0 fully saturated rings. The zero-order valence-electron chi connectivity index (χ0n) is 7.16. The summed E-state index contributed by atoms with van der Waals surface area (Å²) in [7, 11) is 2.67. The Labute approximate surface area is 76.0 Å². The Morgan fingerprint density at radius 3 is 2.58 bits per heavy atom. The Kier molecular flexibility index (Phi) is 3.31. The van der Waals surface area contributed by atoms with Crippen LogP contribution in [0.3, 0.4) is 0 Å². The van der Waals surface area contributed by atoms with Crippen LogP contribution in [0.15, 0.2) is 37.6 Å². The van der Waals surface area contributed by atoms with Gasteiger partial charge in [-0.15, -0.1) is 13.2 Å². The van der Waals surface area contributed by atoms with Gasteiger partial charge in [0.1, 0.15) is 0 Å². The second kappa shape index (κ2) is 4.27. The van der Waals surface area contributed by atoms with Gasteiger partial charge in [-0.1, -0.05) is 12.2 Å². The van der Waals surface area contributed by atoms with Crippen LogP contribution in [-0.2, 0) is 12.8 Å². The highest BCUT2D eigenvalue weighted by molar-refractivity contribution is 7.14. The lowest BCUT2D eigenvalue weighted by Crippen LogP contribution is -1.91. The Morgan fingerprint density at radius 1 is 1.33 bits per heavy atom. The third kappa shape index (κ3) is 1.86. The van der Waals surface area contributed by atoms with Crippen molar-refractivity contribution in [3.63, 3.8) is 0 Å². The maximum Gasteiger partial charge on any atom is 0.0279 e. The van der Waals surface area contributed by atoms with Crippen molar-refractivity contribution in [1.29, 1.82) is 0 Å². The van der Waals surface area contributed by atoms with Gasteiger partial charge >= 0.3 is 0 Å². The first-order chi connectivity index (χ1) is 5.79. The molecule has 0 aliphatic carbocycles. The Balaban J connectivity index is 2.94. The van der Waals surface area contributed by atoms with E-state index in [1.165, 1.54) is 11.3 Å². The normalized spacial score (nSPS) is 9.75. The van der Waals surface area contributed by atoms with E-state index in [9.17, 15) is 0 Å². The molecule has 1 unspecified atom stereocenters. The molecule has 0 spiro atoms. The molecule has 0 aliphatic heterocycles. The van der Waals surface area contributed by atoms with Gasteiger partial charge < -0.3 is 4.34 Å². The average Bonchev–Trinajstić information content (AvgIpc) is 2.37. The lowest BCUT2D eigenvalue weighted by molar-refractivity contribution is 1.06. The van der Waals surface area contributed by atoms with Crippen molar-refractivity contribution in [2.45, 2.75) is 12.8 Å². The average molecular weight is 179 g/mol. The molecule has 0 radical (unpaired) electrons. The highest BCUT2D eigenvalue weighted by atomic mass is 31.0. The molecule has 0 saturated heterocycles. The van der Waals surface area contributed by atoms with Crippen LogP contribution >= 0.6 is 9.39 Å². The minimum atomic E-state index is 0.916. The molecule has 1 nitrogen and oxygen atoms in total. The molecule has 1 aromatic heterocycles. The fourth-order valence-corrected chi connectivity index (χ4v) is 1.59. The molecule has 0 aliphatic rings. The summed E-state index contributed by atoms with van der Waals surface area (Å²) in [6.45, 7) is 7.45. The molecule has 0 saturated carbocycles. The van der Waals surface area contributed by atoms with Gasteiger partial charge in [0, 0.05) is 18.3 Å². The topological polar surface area (TPSA) is 4.93 Å². The van der Waals surface area contributed by atoms with Crippen LogP contribution < -0.4 is 0 Å². The van der Waals surface area contributed by atoms with E-state index in [1.54, 1.807) is 0 Å². The summed E-state index contributed by atoms with van der Waals surface area (Å²) in [5.41, 5.74) is 2.63. The van der Waals surface area contributed by atoms with E-state index >= 15 is 0 Å². The van der Waals surface area contributed by atoms with Gasteiger partial charge in [0.2, 0.25) is 0 Å². The highest BCUT2D eigenvalue weighted by Gasteiger charge is 2.02. The number of allylic oxidation sites excluding steroid dienone is 2. The second-order valence-corrected chi connectivity index (χ2v) is 3.24. The van der Waals surface area contributed by atoms with Crippen molar-refractivity contribution in [2.75, 3.05) is 0 Å². The van der Waals surface area contributed by atoms with E-state index in [2.05, 4.69) is 33.0 Å². The lowest BCUT2D eigenvalue weighted by atomic mass is 10.1. The third-order valence-electron chi connectivity index (χ3n) is 1.82. The minimum Gasteiger partial charge on any atom is -0.336 e. The maximum absolute atomic E-state index is 3.73. The van der Waals surface area contributed by atoms with Crippen molar-refractivity contribution < 1.29 is 0 Å². The molecule has 64 valence electrons. The Morgan fingerprint density at radius 2 is 2.00 bits per heavy atom. The highest BCUT2D eigenvalue weighted by Crippen LogP contribution is 2.15. The molecule has 12 heavy (non-hydrogen) atoms. The van der Waals surface area contributed by atoms with Crippen LogP contribution in [0, 0.1) is 0 Å². The molecule has 0 aromatic carbocycles. The first-order valence-corrected chi connectivity index (χ1v) is 4.47. The van der Waals surface area contributed by atoms with Gasteiger partial charge in [0.05, 0.1) is 0 Å². The van der Waals surface area contributed by atoms with Crippen molar-refractivity contribution >= 4 is 9.39 Å². The van der Waals surface area contributed by atoms with Crippen LogP contribution in [0.2, 0.25) is 0 Å². The zero-order valence-corrected chi connectivity index (χ0v) is 8.32. The van der Waals surface area contributed by atoms with E-state index in [-0.39, 0.29) is 0 Å². The number of rotatable bonds is 4. The molecule has 1 rings (SSSR count). The number of nitrogens with zero attached hydrogens (tertiary/aromatic N) is 1. The van der Waals surface area contributed by atoms with Crippen molar-refractivity contribution in [3.05, 3.63) is 48.8 Å². The van der Waals surface area contributed by atoms with Crippen LogP contribution in [0.5, 0.6) is 0 Å². The van der Waals surface area contributed by atoms with Gasteiger partial charge in [-0.05, 0) is 27.4 Å². The van der Waals surface area contributed by atoms with Crippen molar-refractivity contribution in [1.82, 2.24) is 4.34 Å². The molecule has 2 heteroatoms. The molecule has 0 N–H and O–H groups in total. The van der Waals surface area contributed by atoms with E-state index in [0.717, 1.165) is 12.8 Å². The second-order valence-electron chi connectivity index (χ2n) is 2.68. The lowest BCUT2D eigenvalue weighted by Gasteiger charge is -2.02. The summed E-state index contributed by atoms with van der Waals surface area (Å²) in [4.78, 5) is 0. The van der Waals surface area contributed by atoms with Crippen LogP contribution in [0.1, 0.15) is 11.3 Å². The molecule has 0 bridgehead atoms. The predicted octanol–water partition coefficient (Wildman–Crippen LogP) is 2.58. The quantitative estimate of drug-likeness (QED) is 0.494. The van der Waals surface area contributed by atoms with E-state index in [0.29, 0.717) is 0 Å². The summed E-state index contributed by atoms with van der Waals surface area (Å²) in [6.07, 6.45) is 7.74.